The number of benzene rings is 1. The van der Waals surface area contributed by atoms with Gasteiger partial charge >= 0.3 is 0 Å². The Hall–Kier alpha value is -4.26. The number of hydrogen-bond acceptors (Lipinski definition) is 9. The normalized spacial score (nSPS) is 16.7. The molecule has 1 saturated heterocycles. The lowest BCUT2D eigenvalue weighted by Gasteiger charge is -2.37. The Labute approximate surface area is 249 Å². The first-order valence-electron chi connectivity index (χ1n) is 14.2. The van der Waals surface area contributed by atoms with Gasteiger partial charge in [0.05, 0.1) is 23.5 Å². The molecule has 1 aromatic carbocycles. The largest absolute Gasteiger partial charge is 0.383 e. The molecule has 4 heterocycles. The van der Waals surface area contributed by atoms with E-state index in [4.69, 9.17) is 13.6 Å². The summed E-state index contributed by atoms with van der Waals surface area (Å²) >= 11 is 0. The number of pyridine rings is 1. The van der Waals surface area contributed by atoms with Crippen molar-refractivity contribution in [1.29, 1.82) is 0 Å². The van der Waals surface area contributed by atoms with Gasteiger partial charge in [0.15, 0.2) is 5.82 Å². The van der Waals surface area contributed by atoms with Gasteiger partial charge in [-0.3, -0.25) is 19.3 Å². The Morgan fingerprint density at radius 1 is 1.05 bits per heavy atom. The number of nitrogens with zero attached hydrogens (tertiary/aromatic N) is 6. The molecule has 13 heteroatoms. The quantitative estimate of drug-likeness (QED) is 0.357. The van der Waals surface area contributed by atoms with E-state index in [-0.39, 0.29) is 47.7 Å². The molecular weight excluding hydrogens is 555 g/mol. The fourth-order valence-electron chi connectivity index (χ4n) is 5.48. The smallest absolute Gasteiger partial charge is 0.254 e. The summed E-state index contributed by atoms with van der Waals surface area (Å²) < 4.78 is 29.0. The highest BCUT2D eigenvalue weighted by molar-refractivity contribution is 6.30. The van der Waals surface area contributed by atoms with Gasteiger partial charge in [-0.25, -0.2) is 23.7 Å². The first kappa shape index (κ1) is 30.2. The number of halogens is 2. The number of nitrogen functional groups attached to an aromatic ring is 1. The average molecular weight is 587 g/mol. The highest BCUT2D eigenvalue weighted by atomic mass is 19.1. The van der Waals surface area contributed by atoms with Crippen LogP contribution in [0.25, 0.3) is 11.3 Å². The molecule has 222 valence electrons. The minimum absolute atomic E-state index is 0.0360. The number of ketones is 2. The van der Waals surface area contributed by atoms with E-state index in [2.05, 4.69) is 19.9 Å². The van der Waals surface area contributed by atoms with E-state index in [0.717, 1.165) is 22.9 Å². The SMILES string of the molecule is [B]C(CCC(=O)CC)(C(C)=O)N1Cc2c(ccc(-c3ccc(CN4CCN(c5ncc(F)cn5)CC4)c(N)n3)c2F)C1=O. The minimum Gasteiger partial charge on any atom is -0.383 e. The van der Waals surface area contributed by atoms with E-state index in [9.17, 15) is 18.8 Å². The molecule has 1 fully saturated rings. The van der Waals surface area contributed by atoms with Gasteiger partial charge in [0.1, 0.15) is 31.0 Å². The standard InChI is InChI=1S/C30H32BF2N7O3/c1-3-21(42)8-9-30(31,18(2)41)40-17-24-22(28(40)43)5-6-23(26(24)33)25-7-4-19(27(34)37-25)16-38-10-12-39(13-11-38)29-35-14-20(32)15-36-29/h4-7,14-15H,3,8-13,16-17H2,1-2H3,(H2,34,37). The molecule has 0 aliphatic carbocycles. The second-order valence-electron chi connectivity index (χ2n) is 10.9. The van der Waals surface area contributed by atoms with Crippen LogP contribution in [0.3, 0.4) is 0 Å². The van der Waals surface area contributed by atoms with Crippen molar-refractivity contribution in [3.8, 4) is 11.3 Å². The van der Waals surface area contributed by atoms with E-state index in [0.29, 0.717) is 50.8 Å². The molecule has 2 aliphatic heterocycles. The van der Waals surface area contributed by atoms with Crippen molar-refractivity contribution in [2.75, 3.05) is 36.8 Å². The first-order valence-corrected chi connectivity index (χ1v) is 14.2. The molecule has 10 nitrogen and oxygen atoms in total. The maximum Gasteiger partial charge on any atom is 0.254 e. The highest BCUT2D eigenvalue weighted by Crippen LogP contribution is 2.36. The zero-order valence-corrected chi connectivity index (χ0v) is 24.1. The predicted octanol–water partition coefficient (Wildman–Crippen LogP) is 2.89. The summed E-state index contributed by atoms with van der Waals surface area (Å²) in [5.74, 6) is -1.49. The maximum absolute atomic E-state index is 15.9. The number of amides is 1. The van der Waals surface area contributed by atoms with Crippen LogP contribution in [0.2, 0.25) is 0 Å². The topological polar surface area (TPSA) is 126 Å². The van der Waals surface area contributed by atoms with Crippen LogP contribution in [0.5, 0.6) is 0 Å². The summed E-state index contributed by atoms with van der Waals surface area (Å²) in [4.78, 5) is 55.6. The summed E-state index contributed by atoms with van der Waals surface area (Å²) in [6.07, 6.45) is 2.58. The summed E-state index contributed by atoms with van der Waals surface area (Å²) in [7, 11) is 6.40. The average Bonchev–Trinajstić information content (AvgIpc) is 3.35. The van der Waals surface area contributed by atoms with Crippen LogP contribution in [0.1, 0.15) is 54.6 Å². The van der Waals surface area contributed by atoms with Crippen molar-refractivity contribution in [1.82, 2.24) is 24.8 Å². The van der Waals surface area contributed by atoms with E-state index in [1.807, 2.05) is 11.0 Å². The summed E-state index contributed by atoms with van der Waals surface area (Å²) in [6.45, 7) is 6.06. The van der Waals surface area contributed by atoms with Crippen LogP contribution < -0.4 is 10.6 Å². The van der Waals surface area contributed by atoms with Crippen molar-refractivity contribution in [2.24, 2.45) is 0 Å². The molecule has 1 unspecified atom stereocenters. The number of anilines is 2. The Morgan fingerprint density at radius 3 is 2.35 bits per heavy atom. The molecule has 0 saturated carbocycles. The number of hydrogen-bond donors (Lipinski definition) is 1. The molecule has 2 N–H and O–H groups in total. The van der Waals surface area contributed by atoms with Gasteiger partial charge in [-0.05, 0) is 31.5 Å². The van der Waals surface area contributed by atoms with Crippen molar-refractivity contribution in [2.45, 2.75) is 51.6 Å². The van der Waals surface area contributed by atoms with Crippen LogP contribution in [-0.4, -0.2) is 81.7 Å². The Bertz CT molecular complexity index is 1560. The van der Waals surface area contributed by atoms with Gasteiger partial charge in [-0.2, -0.15) is 0 Å². The third-order valence-electron chi connectivity index (χ3n) is 8.25. The van der Waals surface area contributed by atoms with Gasteiger partial charge in [0, 0.05) is 74.4 Å². The Balaban J connectivity index is 1.29. The van der Waals surface area contributed by atoms with E-state index < -0.39 is 28.8 Å². The molecule has 2 aliphatic rings. The Kier molecular flexibility index (Phi) is 8.54. The molecule has 43 heavy (non-hydrogen) atoms. The van der Waals surface area contributed by atoms with E-state index in [1.165, 1.54) is 19.1 Å². The summed E-state index contributed by atoms with van der Waals surface area (Å²) in [6, 6.07) is 6.47. The Morgan fingerprint density at radius 2 is 1.72 bits per heavy atom. The van der Waals surface area contributed by atoms with Crippen LogP contribution in [0.15, 0.2) is 36.7 Å². The number of carbonyl (C=O) groups excluding carboxylic acids is 3. The molecule has 3 aromatic rings. The fraction of sp³-hybridized carbons (Fsp3) is 0.400. The highest BCUT2D eigenvalue weighted by Gasteiger charge is 2.44. The van der Waals surface area contributed by atoms with E-state index in [1.54, 1.807) is 13.0 Å². The molecule has 2 aromatic heterocycles. The number of aromatic nitrogens is 3. The minimum atomic E-state index is -1.73. The van der Waals surface area contributed by atoms with E-state index >= 15 is 4.39 Å². The van der Waals surface area contributed by atoms with Crippen LogP contribution in [0.4, 0.5) is 20.5 Å². The van der Waals surface area contributed by atoms with Crippen LogP contribution >= 0.6 is 0 Å². The van der Waals surface area contributed by atoms with Crippen molar-refractivity contribution < 1.29 is 23.2 Å². The summed E-state index contributed by atoms with van der Waals surface area (Å²) in [5, 5.41) is 0. The second kappa shape index (κ2) is 12.2. The first-order chi connectivity index (χ1) is 20.5. The molecule has 0 bridgehead atoms. The third-order valence-corrected chi connectivity index (χ3v) is 8.25. The summed E-state index contributed by atoms with van der Waals surface area (Å²) in [5.41, 5.74) is 6.08. The van der Waals surface area contributed by atoms with Crippen molar-refractivity contribution in [3.63, 3.8) is 0 Å². The predicted molar refractivity (Wildman–Crippen MR) is 157 cm³/mol. The molecular formula is C30H32BF2N7O3. The zero-order valence-electron chi connectivity index (χ0n) is 24.1. The van der Waals surface area contributed by atoms with Gasteiger partial charge in [0.2, 0.25) is 5.95 Å². The zero-order chi connectivity index (χ0) is 30.9. The third kappa shape index (κ3) is 5.99. The second-order valence-corrected chi connectivity index (χ2v) is 10.9. The van der Waals surface area contributed by atoms with Crippen LogP contribution in [0, 0.1) is 11.6 Å². The van der Waals surface area contributed by atoms with Gasteiger partial charge < -0.3 is 15.5 Å². The molecule has 0 spiro atoms. The number of fused-ring (bicyclic) bond motifs is 1. The number of rotatable bonds is 10. The van der Waals surface area contributed by atoms with Gasteiger partial charge in [-0.15, -0.1) is 0 Å². The number of nitrogens with two attached hydrogens (primary N) is 1. The molecule has 1 atom stereocenters. The van der Waals surface area contributed by atoms with Crippen molar-refractivity contribution in [3.05, 3.63) is 65.0 Å². The maximum atomic E-state index is 15.9. The number of carbonyl (C=O) groups is 3. The monoisotopic (exact) mass is 587 g/mol. The molecule has 5 rings (SSSR count). The molecule has 2 radical (unpaired) electrons. The van der Waals surface area contributed by atoms with Gasteiger partial charge in [-0.1, -0.05) is 13.0 Å². The van der Waals surface area contributed by atoms with Crippen LogP contribution in [-0.2, 0) is 22.7 Å². The lowest BCUT2D eigenvalue weighted by Crippen LogP contribution is -2.54. The fourth-order valence-corrected chi connectivity index (χ4v) is 5.48. The van der Waals surface area contributed by atoms with Crippen molar-refractivity contribution >= 4 is 37.1 Å². The molecule has 1 amide bonds. The lowest BCUT2D eigenvalue weighted by atomic mass is 9.69. The number of piperazine rings is 1. The lowest BCUT2D eigenvalue weighted by molar-refractivity contribution is -0.124. The van der Waals surface area contributed by atoms with Gasteiger partial charge in [0.25, 0.3) is 5.91 Å². The number of Topliss-reactive ketones (excluding diaryl/α,β-unsaturated/α-hetero) is 2.